The first-order valence-electron chi connectivity index (χ1n) is 4.76. The Hall–Kier alpha value is -1.04. The molecule has 13 heavy (non-hydrogen) atoms. The maximum Gasteiger partial charge on any atom is 0.324 e. The molecule has 1 unspecified atom stereocenters. The second kappa shape index (κ2) is 3.78. The number of carboxylic acid groups (broad SMARTS) is 1. The van der Waals surface area contributed by atoms with Crippen molar-refractivity contribution in [1.82, 2.24) is 0 Å². The zero-order chi connectivity index (χ0) is 9.90. The van der Waals surface area contributed by atoms with E-state index in [1.165, 1.54) is 6.42 Å². The van der Waals surface area contributed by atoms with E-state index in [0.29, 0.717) is 0 Å². The molecule has 3 heteroatoms. The third-order valence-electron chi connectivity index (χ3n) is 3.10. The number of aliphatic carboxylic acids is 1. The van der Waals surface area contributed by atoms with E-state index in [4.69, 9.17) is 10.4 Å². The molecule has 0 aromatic heterocycles. The van der Waals surface area contributed by atoms with Gasteiger partial charge in [-0.15, -0.1) is 0 Å². The average molecular weight is 181 g/mol. The number of carboxylic acids is 1. The van der Waals surface area contributed by atoms with Gasteiger partial charge >= 0.3 is 5.97 Å². The molecule has 0 saturated heterocycles. The predicted molar refractivity (Wildman–Crippen MR) is 47.9 cm³/mol. The zero-order valence-corrected chi connectivity index (χ0v) is 7.92. The van der Waals surface area contributed by atoms with Crippen LogP contribution in [0.1, 0.15) is 39.0 Å². The van der Waals surface area contributed by atoms with Gasteiger partial charge in [-0.05, 0) is 25.7 Å². The van der Waals surface area contributed by atoms with Gasteiger partial charge in [-0.3, -0.25) is 4.79 Å². The lowest BCUT2D eigenvalue weighted by atomic mass is 9.71. The average Bonchev–Trinajstić information content (AvgIpc) is 2.17. The summed E-state index contributed by atoms with van der Waals surface area (Å²) in [5, 5.41) is 17.8. The summed E-state index contributed by atoms with van der Waals surface area (Å²) in [7, 11) is 0. The fourth-order valence-electron chi connectivity index (χ4n) is 1.99. The van der Waals surface area contributed by atoms with Crippen molar-refractivity contribution < 1.29 is 9.90 Å². The van der Waals surface area contributed by atoms with Crippen molar-refractivity contribution >= 4 is 5.97 Å². The second-order valence-electron chi connectivity index (χ2n) is 3.95. The number of carbonyl (C=O) groups is 1. The highest BCUT2D eigenvalue weighted by Gasteiger charge is 2.41. The molecule has 0 aliphatic heterocycles. The highest BCUT2D eigenvalue weighted by molar-refractivity contribution is 5.77. The maximum atomic E-state index is 10.9. The topological polar surface area (TPSA) is 61.1 Å². The van der Waals surface area contributed by atoms with E-state index < -0.39 is 11.4 Å². The molecule has 1 N–H and O–H groups in total. The molecule has 1 aliphatic carbocycles. The number of hydrogen-bond donors (Lipinski definition) is 1. The molecular formula is C10H15NO2. The Labute approximate surface area is 78.4 Å². The molecule has 0 spiro atoms. The van der Waals surface area contributed by atoms with E-state index in [1.807, 2.05) is 6.07 Å². The maximum absolute atomic E-state index is 10.9. The number of rotatable bonds is 2. The third-order valence-corrected chi connectivity index (χ3v) is 3.10. The molecule has 0 bridgehead atoms. The second-order valence-corrected chi connectivity index (χ2v) is 3.95. The molecule has 0 aromatic carbocycles. The minimum absolute atomic E-state index is 0.0451. The third kappa shape index (κ3) is 1.82. The molecule has 0 aromatic rings. The Kier molecular flexibility index (Phi) is 2.92. The van der Waals surface area contributed by atoms with Gasteiger partial charge in [0.15, 0.2) is 5.41 Å². The van der Waals surface area contributed by atoms with Crippen molar-refractivity contribution in [3.05, 3.63) is 0 Å². The standard InChI is InChI=1S/C10H15NO2/c1-10(7-11,9(12)13)8-5-3-2-4-6-8/h8H,2-6H2,1H3,(H,12,13). The molecule has 0 amide bonds. The van der Waals surface area contributed by atoms with Gasteiger partial charge in [-0.2, -0.15) is 5.26 Å². The first kappa shape index (κ1) is 10.0. The van der Waals surface area contributed by atoms with Crippen LogP contribution < -0.4 is 0 Å². The van der Waals surface area contributed by atoms with E-state index in [0.717, 1.165) is 25.7 Å². The molecule has 1 aliphatic rings. The summed E-state index contributed by atoms with van der Waals surface area (Å²) >= 11 is 0. The summed E-state index contributed by atoms with van der Waals surface area (Å²) in [5.74, 6) is -0.925. The van der Waals surface area contributed by atoms with Crippen LogP contribution >= 0.6 is 0 Å². The minimum atomic E-state index is -1.17. The van der Waals surface area contributed by atoms with Gasteiger partial charge < -0.3 is 5.11 Å². The van der Waals surface area contributed by atoms with Gasteiger partial charge in [0.2, 0.25) is 0 Å². The van der Waals surface area contributed by atoms with Gasteiger partial charge in [0.05, 0.1) is 6.07 Å². The molecule has 1 rings (SSSR count). The summed E-state index contributed by atoms with van der Waals surface area (Å²) < 4.78 is 0. The van der Waals surface area contributed by atoms with Crippen LogP contribution in [0.3, 0.4) is 0 Å². The molecule has 1 atom stereocenters. The highest BCUT2D eigenvalue weighted by atomic mass is 16.4. The first-order chi connectivity index (χ1) is 6.11. The van der Waals surface area contributed by atoms with Crippen LogP contribution in [0.2, 0.25) is 0 Å². The van der Waals surface area contributed by atoms with Gasteiger partial charge in [0, 0.05) is 0 Å². The lowest BCUT2D eigenvalue weighted by Gasteiger charge is -2.30. The van der Waals surface area contributed by atoms with E-state index in [1.54, 1.807) is 6.92 Å². The minimum Gasteiger partial charge on any atom is -0.480 e. The normalized spacial score (nSPS) is 23.1. The summed E-state index contributed by atoms with van der Waals surface area (Å²) in [5.41, 5.74) is -1.17. The van der Waals surface area contributed by atoms with E-state index in [2.05, 4.69) is 0 Å². The number of nitrogens with zero attached hydrogens (tertiary/aromatic N) is 1. The molecule has 1 saturated carbocycles. The quantitative estimate of drug-likeness (QED) is 0.710. The fraction of sp³-hybridized carbons (Fsp3) is 0.800. The molecule has 3 nitrogen and oxygen atoms in total. The van der Waals surface area contributed by atoms with Crippen LogP contribution in [-0.4, -0.2) is 11.1 Å². The zero-order valence-electron chi connectivity index (χ0n) is 7.92. The summed E-state index contributed by atoms with van der Waals surface area (Å²) in [6.45, 7) is 1.55. The van der Waals surface area contributed by atoms with E-state index in [-0.39, 0.29) is 5.92 Å². The first-order valence-corrected chi connectivity index (χ1v) is 4.76. The van der Waals surface area contributed by atoms with Crippen molar-refractivity contribution in [3.8, 4) is 6.07 Å². The van der Waals surface area contributed by atoms with Crippen LogP contribution in [0.25, 0.3) is 0 Å². The Morgan fingerprint density at radius 3 is 2.38 bits per heavy atom. The van der Waals surface area contributed by atoms with Gasteiger partial charge in [-0.1, -0.05) is 19.3 Å². The van der Waals surface area contributed by atoms with Crippen molar-refractivity contribution in [3.63, 3.8) is 0 Å². The summed E-state index contributed by atoms with van der Waals surface area (Å²) in [6, 6.07) is 1.95. The summed E-state index contributed by atoms with van der Waals surface area (Å²) in [6.07, 6.45) is 5.08. The molecule has 0 radical (unpaired) electrons. The van der Waals surface area contributed by atoms with Crippen molar-refractivity contribution in [2.24, 2.45) is 11.3 Å². The molecule has 72 valence electrons. The van der Waals surface area contributed by atoms with Crippen LogP contribution in [0.5, 0.6) is 0 Å². The van der Waals surface area contributed by atoms with Gasteiger partial charge in [0.1, 0.15) is 0 Å². The Morgan fingerprint density at radius 2 is 2.00 bits per heavy atom. The van der Waals surface area contributed by atoms with Crippen molar-refractivity contribution in [2.75, 3.05) is 0 Å². The molecular weight excluding hydrogens is 166 g/mol. The van der Waals surface area contributed by atoms with E-state index >= 15 is 0 Å². The SMILES string of the molecule is CC(C#N)(C(=O)O)C1CCCCC1. The van der Waals surface area contributed by atoms with Gasteiger partial charge in [0.25, 0.3) is 0 Å². The lowest BCUT2D eigenvalue weighted by molar-refractivity contribution is -0.148. The predicted octanol–water partition coefficient (Wildman–Crippen LogP) is 2.18. The van der Waals surface area contributed by atoms with Crippen molar-refractivity contribution in [1.29, 1.82) is 5.26 Å². The largest absolute Gasteiger partial charge is 0.480 e. The van der Waals surface area contributed by atoms with E-state index in [9.17, 15) is 4.79 Å². The molecule has 0 heterocycles. The van der Waals surface area contributed by atoms with Crippen LogP contribution in [0.15, 0.2) is 0 Å². The smallest absolute Gasteiger partial charge is 0.324 e. The molecule has 1 fully saturated rings. The Bertz CT molecular complexity index is 238. The Morgan fingerprint density at radius 1 is 1.46 bits per heavy atom. The fourth-order valence-corrected chi connectivity index (χ4v) is 1.99. The Balaban J connectivity index is 2.76. The van der Waals surface area contributed by atoms with Crippen molar-refractivity contribution in [2.45, 2.75) is 39.0 Å². The number of nitriles is 1. The van der Waals surface area contributed by atoms with Gasteiger partial charge in [-0.25, -0.2) is 0 Å². The van der Waals surface area contributed by atoms with Crippen LogP contribution in [0, 0.1) is 22.7 Å². The van der Waals surface area contributed by atoms with Crippen LogP contribution in [0.4, 0.5) is 0 Å². The summed E-state index contributed by atoms with van der Waals surface area (Å²) in [4.78, 5) is 10.9. The lowest BCUT2D eigenvalue weighted by Crippen LogP contribution is -2.35. The monoisotopic (exact) mass is 181 g/mol. The number of hydrogen-bond acceptors (Lipinski definition) is 2. The van der Waals surface area contributed by atoms with Crippen LogP contribution in [-0.2, 0) is 4.79 Å². The highest BCUT2D eigenvalue weighted by Crippen LogP contribution is 2.38.